The molecule has 38 heavy (non-hydrogen) atoms. The molecule has 7 heteroatoms. The lowest BCUT2D eigenvalue weighted by Crippen LogP contribution is -2.46. The summed E-state index contributed by atoms with van der Waals surface area (Å²) in [5.41, 5.74) is 5.66. The van der Waals surface area contributed by atoms with Gasteiger partial charge in [0.15, 0.2) is 0 Å². The summed E-state index contributed by atoms with van der Waals surface area (Å²) in [4.78, 5) is 35.0. The van der Waals surface area contributed by atoms with E-state index < -0.39 is 5.97 Å². The molecular weight excluding hydrogens is 476 g/mol. The van der Waals surface area contributed by atoms with E-state index in [9.17, 15) is 14.7 Å². The third-order valence-electron chi connectivity index (χ3n) is 9.24. The van der Waals surface area contributed by atoms with Gasteiger partial charge in [0.1, 0.15) is 5.82 Å². The van der Waals surface area contributed by atoms with E-state index in [4.69, 9.17) is 9.97 Å². The summed E-state index contributed by atoms with van der Waals surface area (Å²) in [5, 5.41) is 12.3. The molecule has 2 N–H and O–H groups in total. The number of carboxylic acids is 1. The minimum atomic E-state index is -0.776. The van der Waals surface area contributed by atoms with Crippen LogP contribution >= 0.6 is 0 Å². The van der Waals surface area contributed by atoms with Gasteiger partial charge in [0.25, 0.3) is 5.91 Å². The molecule has 2 aromatic heterocycles. The minimum absolute atomic E-state index is 0.0311. The van der Waals surface area contributed by atoms with Gasteiger partial charge in [0.2, 0.25) is 0 Å². The van der Waals surface area contributed by atoms with Gasteiger partial charge < -0.3 is 15.0 Å². The summed E-state index contributed by atoms with van der Waals surface area (Å²) in [6.45, 7) is 13.9. The first-order valence-corrected chi connectivity index (χ1v) is 14.5. The zero-order valence-corrected chi connectivity index (χ0v) is 24.0. The number of aromatic nitrogens is 3. The van der Waals surface area contributed by atoms with Crippen LogP contribution in [0.4, 0.5) is 0 Å². The van der Waals surface area contributed by atoms with Gasteiger partial charge in [0, 0.05) is 29.1 Å². The molecule has 2 aromatic rings. The van der Waals surface area contributed by atoms with Crippen LogP contribution < -0.4 is 5.32 Å². The topological polar surface area (TPSA) is 97.1 Å². The highest BCUT2D eigenvalue weighted by molar-refractivity contribution is 5.97. The third-order valence-corrected chi connectivity index (χ3v) is 9.24. The predicted octanol–water partition coefficient (Wildman–Crippen LogP) is 6.08. The van der Waals surface area contributed by atoms with Gasteiger partial charge in [-0.3, -0.25) is 9.59 Å². The average molecular weight is 521 g/mol. The molecule has 7 nitrogen and oxygen atoms in total. The number of aliphatic carboxylic acids is 1. The van der Waals surface area contributed by atoms with Crippen molar-refractivity contribution in [3.8, 4) is 11.4 Å². The van der Waals surface area contributed by atoms with Crippen LogP contribution in [0.2, 0.25) is 0 Å². The van der Waals surface area contributed by atoms with Gasteiger partial charge in [-0.05, 0) is 69.9 Å². The summed E-state index contributed by atoms with van der Waals surface area (Å²) in [6, 6.07) is 1.95. The lowest BCUT2D eigenvalue weighted by Gasteiger charge is -2.32. The highest BCUT2D eigenvalue weighted by Crippen LogP contribution is 2.47. The van der Waals surface area contributed by atoms with E-state index in [2.05, 4.69) is 44.5 Å². The van der Waals surface area contributed by atoms with Gasteiger partial charge in [-0.1, -0.05) is 47.0 Å². The number of carbonyl (C=O) groups excluding carboxylic acids is 1. The van der Waals surface area contributed by atoms with Crippen molar-refractivity contribution in [2.75, 3.05) is 0 Å². The van der Waals surface area contributed by atoms with Crippen molar-refractivity contribution in [2.24, 2.45) is 11.8 Å². The van der Waals surface area contributed by atoms with E-state index in [0.29, 0.717) is 24.3 Å². The summed E-state index contributed by atoms with van der Waals surface area (Å²) in [7, 11) is 0. The largest absolute Gasteiger partial charge is 0.481 e. The molecule has 3 fully saturated rings. The maximum absolute atomic E-state index is 13.5. The fourth-order valence-electron chi connectivity index (χ4n) is 6.31. The normalized spacial score (nSPS) is 23.1. The Bertz CT molecular complexity index is 1240. The molecule has 206 valence electrons. The Morgan fingerprint density at radius 1 is 1.11 bits per heavy atom. The molecule has 0 radical (unpaired) electrons. The average Bonchev–Trinajstić information content (AvgIpc) is 3.50. The summed E-state index contributed by atoms with van der Waals surface area (Å²) < 4.78 is 2.34. The second kappa shape index (κ2) is 9.80. The second-order valence-corrected chi connectivity index (χ2v) is 13.5. The van der Waals surface area contributed by atoms with Crippen LogP contribution in [0.15, 0.2) is 6.07 Å². The fraction of sp³-hybridized carbons (Fsp3) is 0.677. The molecule has 0 spiro atoms. The van der Waals surface area contributed by atoms with Crippen molar-refractivity contribution >= 4 is 11.9 Å². The van der Waals surface area contributed by atoms with Crippen LogP contribution in [0.3, 0.4) is 0 Å². The van der Waals surface area contributed by atoms with Crippen molar-refractivity contribution in [3.05, 3.63) is 34.4 Å². The first-order valence-electron chi connectivity index (χ1n) is 14.5. The lowest BCUT2D eigenvalue weighted by molar-refractivity contribution is -0.145. The van der Waals surface area contributed by atoms with Crippen molar-refractivity contribution in [1.29, 1.82) is 0 Å². The molecule has 5 rings (SSSR count). The third kappa shape index (κ3) is 5.13. The molecule has 0 aromatic carbocycles. The highest BCUT2D eigenvalue weighted by atomic mass is 16.4. The maximum atomic E-state index is 13.5. The van der Waals surface area contributed by atoms with Gasteiger partial charge in [0.05, 0.1) is 28.6 Å². The monoisotopic (exact) mass is 520 g/mol. The molecule has 1 amide bonds. The van der Waals surface area contributed by atoms with Crippen molar-refractivity contribution < 1.29 is 14.7 Å². The zero-order valence-electron chi connectivity index (χ0n) is 24.0. The number of amides is 1. The maximum Gasteiger partial charge on any atom is 0.306 e. The van der Waals surface area contributed by atoms with Gasteiger partial charge >= 0.3 is 5.97 Å². The highest BCUT2D eigenvalue weighted by Gasteiger charge is 2.43. The summed E-state index contributed by atoms with van der Waals surface area (Å²) in [6.07, 6.45) is 9.48. The van der Waals surface area contributed by atoms with E-state index in [-0.39, 0.29) is 28.7 Å². The molecule has 0 atom stereocenters. The number of carboxylic acid groups (broad SMARTS) is 1. The molecule has 3 aliphatic rings. The smallest absolute Gasteiger partial charge is 0.306 e. The lowest BCUT2D eigenvalue weighted by atomic mass is 9.80. The first kappa shape index (κ1) is 26.9. The molecule has 3 aliphatic carbocycles. The van der Waals surface area contributed by atoms with Crippen LogP contribution in [0.5, 0.6) is 0 Å². The number of carbonyl (C=O) groups is 2. The van der Waals surface area contributed by atoms with E-state index in [1.807, 2.05) is 13.0 Å². The van der Waals surface area contributed by atoms with Crippen LogP contribution in [0.1, 0.15) is 119 Å². The van der Waals surface area contributed by atoms with Crippen LogP contribution in [0.25, 0.3) is 11.4 Å². The Labute approximate surface area is 226 Å². The van der Waals surface area contributed by atoms with Crippen LogP contribution in [0, 0.1) is 25.7 Å². The van der Waals surface area contributed by atoms with Crippen molar-refractivity contribution in [1.82, 2.24) is 19.9 Å². The summed E-state index contributed by atoms with van der Waals surface area (Å²) in [5.74, 6) is 0.275. The summed E-state index contributed by atoms with van der Waals surface area (Å²) >= 11 is 0. The van der Waals surface area contributed by atoms with Crippen LogP contribution in [-0.2, 0) is 22.2 Å². The Balaban J connectivity index is 1.57. The fourth-order valence-corrected chi connectivity index (χ4v) is 6.31. The number of nitrogens with one attached hydrogen (secondary N) is 1. The Morgan fingerprint density at radius 2 is 1.76 bits per heavy atom. The number of hydrogen-bond donors (Lipinski definition) is 2. The molecular formula is C31H44N4O3. The van der Waals surface area contributed by atoms with Gasteiger partial charge in [-0.25, -0.2) is 9.97 Å². The first-order chi connectivity index (χ1) is 17.9. The second-order valence-electron chi connectivity index (χ2n) is 13.5. The molecule has 0 saturated heterocycles. The molecule has 3 saturated carbocycles. The van der Waals surface area contributed by atoms with Crippen molar-refractivity contribution in [2.45, 2.75) is 123 Å². The van der Waals surface area contributed by atoms with E-state index in [1.54, 1.807) is 0 Å². The quantitative estimate of drug-likeness (QED) is 0.461. The van der Waals surface area contributed by atoms with Gasteiger partial charge in [-0.15, -0.1) is 0 Å². The SMILES string of the molecule is Cc1c(-c2cc(C(=O)N[C@H]3C[C@H](C(=O)O)C3)c(C)n2CC2CCCCC2)nc(C2(C)CC2)nc1C(C)(C)C. The molecule has 0 unspecified atom stereocenters. The van der Waals surface area contributed by atoms with E-state index in [1.165, 1.54) is 32.1 Å². The van der Waals surface area contributed by atoms with Gasteiger partial charge in [-0.2, -0.15) is 0 Å². The van der Waals surface area contributed by atoms with E-state index >= 15 is 0 Å². The standard InChI is InChI=1S/C31H44N4O3/c1-18-25(33-29(31(6)12-13-31)34-26(18)30(3,4)5)24-16-23(27(36)32-22-14-21(15-22)28(37)38)19(2)35(24)17-20-10-8-7-9-11-20/h16,20-22H,7-15,17H2,1-6H3,(H,32,36)(H,37,38)/t21-,22-. The Kier molecular flexibility index (Phi) is 6.93. The van der Waals surface area contributed by atoms with Crippen molar-refractivity contribution in [3.63, 3.8) is 0 Å². The number of hydrogen-bond acceptors (Lipinski definition) is 4. The minimum Gasteiger partial charge on any atom is -0.481 e. The number of nitrogens with zero attached hydrogens (tertiary/aromatic N) is 3. The Morgan fingerprint density at radius 3 is 2.34 bits per heavy atom. The Hall–Kier alpha value is -2.70. The molecule has 0 bridgehead atoms. The predicted molar refractivity (Wildman–Crippen MR) is 148 cm³/mol. The van der Waals surface area contributed by atoms with Crippen LogP contribution in [-0.4, -0.2) is 37.6 Å². The van der Waals surface area contributed by atoms with E-state index in [0.717, 1.165) is 53.5 Å². The zero-order chi connectivity index (χ0) is 27.4. The number of rotatable bonds is 7. The molecule has 0 aliphatic heterocycles. The molecule has 2 heterocycles.